The van der Waals surface area contributed by atoms with Gasteiger partial charge in [0.15, 0.2) is 5.43 Å². The van der Waals surface area contributed by atoms with Crippen LogP contribution in [0.1, 0.15) is 56.6 Å². The first-order valence-electron chi connectivity index (χ1n) is 7.40. The molecule has 0 aromatic carbocycles. The monoisotopic (exact) mass is 278 g/mol. The Balaban J connectivity index is 3.12. The van der Waals surface area contributed by atoms with E-state index in [0.29, 0.717) is 12.5 Å². The van der Waals surface area contributed by atoms with E-state index in [4.69, 9.17) is 0 Å². The fourth-order valence-electron chi connectivity index (χ4n) is 2.42. The van der Waals surface area contributed by atoms with Crippen LogP contribution in [0.3, 0.4) is 0 Å². The number of nitrogens with zero attached hydrogens (tertiary/aromatic N) is 1. The van der Waals surface area contributed by atoms with Crippen molar-refractivity contribution < 1.29 is 4.79 Å². The van der Waals surface area contributed by atoms with E-state index in [9.17, 15) is 9.59 Å². The standard InChI is InChI=1S/C16H26N2O2/c1-6-13(7-2)18(10-11(3)4)16(20)14-9-17-12(5)8-15(14)19/h8-9,11,13H,6-7,10H2,1-5H3,(H,17,19). The van der Waals surface area contributed by atoms with Gasteiger partial charge in [-0.25, -0.2) is 0 Å². The number of amides is 1. The van der Waals surface area contributed by atoms with E-state index in [-0.39, 0.29) is 22.9 Å². The van der Waals surface area contributed by atoms with Gasteiger partial charge in [0, 0.05) is 30.5 Å². The van der Waals surface area contributed by atoms with Crippen molar-refractivity contribution in [1.29, 1.82) is 0 Å². The Morgan fingerprint density at radius 1 is 1.30 bits per heavy atom. The van der Waals surface area contributed by atoms with Crippen LogP contribution in [0.5, 0.6) is 0 Å². The van der Waals surface area contributed by atoms with Crippen molar-refractivity contribution in [2.45, 2.75) is 53.5 Å². The lowest BCUT2D eigenvalue weighted by Crippen LogP contribution is -2.43. The largest absolute Gasteiger partial charge is 0.364 e. The van der Waals surface area contributed by atoms with Gasteiger partial charge < -0.3 is 9.88 Å². The molecule has 0 fully saturated rings. The third kappa shape index (κ3) is 3.95. The smallest absolute Gasteiger partial charge is 0.259 e. The maximum absolute atomic E-state index is 12.7. The molecule has 20 heavy (non-hydrogen) atoms. The van der Waals surface area contributed by atoms with Crippen LogP contribution in [0.15, 0.2) is 17.1 Å². The van der Waals surface area contributed by atoms with Crippen molar-refractivity contribution in [3.63, 3.8) is 0 Å². The highest BCUT2D eigenvalue weighted by Crippen LogP contribution is 2.14. The predicted molar refractivity (Wildman–Crippen MR) is 82.0 cm³/mol. The number of H-pyrrole nitrogens is 1. The number of aryl methyl sites for hydroxylation is 1. The molecule has 0 bridgehead atoms. The van der Waals surface area contributed by atoms with Gasteiger partial charge in [0.2, 0.25) is 0 Å². The Bertz CT molecular complexity index is 501. The van der Waals surface area contributed by atoms with Crippen LogP contribution < -0.4 is 5.43 Å². The topological polar surface area (TPSA) is 53.2 Å². The minimum absolute atomic E-state index is 0.159. The predicted octanol–water partition coefficient (Wildman–Crippen LogP) is 2.97. The van der Waals surface area contributed by atoms with Crippen molar-refractivity contribution in [3.05, 3.63) is 33.7 Å². The summed E-state index contributed by atoms with van der Waals surface area (Å²) in [6.07, 6.45) is 3.34. The summed E-state index contributed by atoms with van der Waals surface area (Å²) in [5.74, 6) is 0.220. The number of hydrogen-bond donors (Lipinski definition) is 1. The Morgan fingerprint density at radius 3 is 2.35 bits per heavy atom. The first-order chi connectivity index (χ1) is 9.40. The van der Waals surface area contributed by atoms with Gasteiger partial charge >= 0.3 is 0 Å². The third-order valence-electron chi connectivity index (χ3n) is 3.49. The van der Waals surface area contributed by atoms with Crippen LogP contribution in [0, 0.1) is 12.8 Å². The second-order valence-electron chi connectivity index (χ2n) is 5.72. The molecule has 0 saturated heterocycles. The second kappa shape index (κ2) is 7.27. The summed E-state index contributed by atoms with van der Waals surface area (Å²) in [7, 11) is 0. The molecule has 4 heteroatoms. The minimum Gasteiger partial charge on any atom is -0.364 e. The van der Waals surface area contributed by atoms with Gasteiger partial charge in [-0.1, -0.05) is 27.7 Å². The quantitative estimate of drug-likeness (QED) is 0.869. The Morgan fingerprint density at radius 2 is 1.90 bits per heavy atom. The number of carbonyl (C=O) groups is 1. The first-order valence-corrected chi connectivity index (χ1v) is 7.40. The molecule has 112 valence electrons. The van der Waals surface area contributed by atoms with Crippen molar-refractivity contribution in [2.24, 2.45) is 5.92 Å². The van der Waals surface area contributed by atoms with Crippen LogP contribution >= 0.6 is 0 Å². The summed E-state index contributed by atoms with van der Waals surface area (Å²) in [5, 5.41) is 0. The van der Waals surface area contributed by atoms with Gasteiger partial charge in [0.05, 0.1) is 0 Å². The molecule has 1 aromatic heterocycles. The van der Waals surface area contributed by atoms with Gasteiger partial charge in [-0.3, -0.25) is 9.59 Å². The summed E-state index contributed by atoms with van der Waals surface area (Å²) >= 11 is 0. The van der Waals surface area contributed by atoms with E-state index in [1.807, 2.05) is 11.8 Å². The molecular formula is C16H26N2O2. The van der Waals surface area contributed by atoms with E-state index in [1.165, 1.54) is 12.3 Å². The molecule has 0 saturated carbocycles. The summed E-state index contributed by atoms with van der Waals surface area (Å²) in [6, 6.07) is 1.67. The molecule has 1 aromatic rings. The van der Waals surface area contributed by atoms with Crippen LogP contribution in [0.2, 0.25) is 0 Å². The molecule has 0 spiro atoms. The SMILES string of the molecule is CCC(CC)N(CC(C)C)C(=O)c1c[nH]c(C)cc1=O. The van der Waals surface area contributed by atoms with Crippen LogP contribution in [-0.2, 0) is 0 Å². The maximum atomic E-state index is 12.7. The molecule has 1 amide bonds. The summed E-state index contributed by atoms with van der Waals surface area (Å²) in [5.41, 5.74) is 0.804. The zero-order valence-electron chi connectivity index (χ0n) is 13.2. The number of aromatic amines is 1. The number of aromatic nitrogens is 1. The lowest BCUT2D eigenvalue weighted by Gasteiger charge is -2.32. The average Bonchev–Trinajstić information content (AvgIpc) is 2.37. The highest BCUT2D eigenvalue weighted by atomic mass is 16.2. The Labute approximate surface area is 121 Å². The number of carbonyl (C=O) groups excluding carboxylic acids is 1. The second-order valence-corrected chi connectivity index (χ2v) is 5.72. The zero-order chi connectivity index (χ0) is 15.3. The normalized spacial score (nSPS) is 11.2. The zero-order valence-corrected chi connectivity index (χ0v) is 13.2. The Hall–Kier alpha value is -1.58. The van der Waals surface area contributed by atoms with Gasteiger partial charge in [-0.05, 0) is 25.7 Å². The van der Waals surface area contributed by atoms with E-state index >= 15 is 0 Å². The number of rotatable bonds is 6. The molecule has 0 radical (unpaired) electrons. The number of hydrogen-bond acceptors (Lipinski definition) is 2. The summed E-state index contributed by atoms with van der Waals surface area (Å²) in [6.45, 7) is 10.8. The van der Waals surface area contributed by atoms with Crippen LogP contribution in [0.4, 0.5) is 0 Å². The lowest BCUT2D eigenvalue weighted by molar-refractivity contribution is 0.0638. The van der Waals surface area contributed by atoms with E-state index in [1.54, 1.807) is 0 Å². The van der Waals surface area contributed by atoms with Crippen LogP contribution in [0.25, 0.3) is 0 Å². The van der Waals surface area contributed by atoms with Gasteiger partial charge in [-0.15, -0.1) is 0 Å². The third-order valence-corrected chi connectivity index (χ3v) is 3.49. The Kier molecular flexibility index (Phi) is 5.99. The van der Waals surface area contributed by atoms with E-state index < -0.39 is 0 Å². The van der Waals surface area contributed by atoms with Gasteiger partial charge in [0.25, 0.3) is 5.91 Å². The maximum Gasteiger partial charge on any atom is 0.259 e. The summed E-state index contributed by atoms with van der Waals surface area (Å²) < 4.78 is 0. The minimum atomic E-state index is -0.203. The molecule has 0 aliphatic heterocycles. The first kappa shape index (κ1) is 16.5. The average molecular weight is 278 g/mol. The van der Waals surface area contributed by atoms with Crippen molar-refractivity contribution >= 4 is 5.91 Å². The molecule has 4 nitrogen and oxygen atoms in total. The van der Waals surface area contributed by atoms with Crippen molar-refractivity contribution in [1.82, 2.24) is 9.88 Å². The molecule has 0 atom stereocenters. The lowest BCUT2D eigenvalue weighted by atomic mass is 10.1. The molecule has 0 aliphatic carbocycles. The number of nitrogens with one attached hydrogen (secondary N) is 1. The van der Waals surface area contributed by atoms with Crippen molar-refractivity contribution in [3.8, 4) is 0 Å². The molecule has 0 unspecified atom stereocenters. The van der Waals surface area contributed by atoms with Gasteiger partial charge in [-0.2, -0.15) is 0 Å². The summed E-state index contributed by atoms with van der Waals surface area (Å²) in [4.78, 5) is 29.5. The fraction of sp³-hybridized carbons (Fsp3) is 0.625. The fourth-order valence-corrected chi connectivity index (χ4v) is 2.42. The van der Waals surface area contributed by atoms with Gasteiger partial charge in [0.1, 0.15) is 5.56 Å². The van der Waals surface area contributed by atoms with Crippen LogP contribution in [-0.4, -0.2) is 28.4 Å². The molecular weight excluding hydrogens is 252 g/mol. The van der Waals surface area contributed by atoms with E-state index in [2.05, 4.69) is 32.7 Å². The van der Waals surface area contributed by atoms with Crippen molar-refractivity contribution in [2.75, 3.05) is 6.54 Å². The number of pyridine rings is 1. The molecule has 0 aliphatic rings. The molecule has 1 heterocycles. The highest BCUT2D eigenvalue weighted by molar-refractivity contribution is 5.94. The van der Waals surface area contributed by atoms with E-state index in [0.717, 1.165) is 18.5 Å². The molecule has 1 N–H and O–H groups in total. The molecule has 1 rings (SSSR count). The highest BCUT2D eigenvalue weighted by Gasteiger charge is 2.24.